The van der Waals surface area contributed by atoms with Gasteiger partial charge in [-0.2, -0.15) is 0 Å². The quantitative estimate of drug-likeness (QED) is 0.824. The standard InChI is InChI=1S/C16H23BrN2O2/c1-12(18-10-13-3-2-8-21-11-13)9-16(20)19-15-6-4-14(17)5-7-15/h4-7,12-13,18H,2-3,8-11H2,1H3,(H,19,20). The first-order chi connectivity index (χ1) is 10.1. The summed E-state index contributed by atoms with van der Waals surface area (Å²) in [6.45, 7) is 4.70. The maximum absolute atomic E-state index is 12.0. The highest BCUT2D eigenvalue weighted by atomic mass is 79.9. The molecule has 2 atom stereocenters. The molecule has 4 nitrogen and oxygen atoms in total. The van der Waals surface area contributed by atoms with Crippen molar-refractivity contribution in [3.8, 4) is 0 Å². The van der Waals surface area contributed by atoms with Crippen LogP contribution in [0.25, 0.3) is 0 Å². The van der Waals surface area contributed by atoms with E-state index in [-0.39, 0.29) is 11.9 Å². The monoisotopic (exact) mass is 354 g/mol. The van der Waals surface area contributed by atoms with Crippen molar-refractivity contribution >= 4 is 27.5 Å². The molecule has 0 aliphatic carbocycles. The number of rotatable bonds is 6. The van der Waals surface area contributed by atoms with Gasteiger partial charge in [0, 0.05) is 35.8 Å². The van der Waals surface area contributed by atoms with Gasteiger partial charge in [0.1, 0.15) is 0 Å². The van der Waals surface area contributed by atoms with Crippen LogP contribution in [-0.4, -0.2) is 31.7 Å². The number of hydrogen-bond acceptors (Lipinski definition) is 3. The molecule has 1 heterocycles. The largest absolute Gasteiger partial charge is 0.381 e. The van der Waals surface area contributed by atoms with Gasteiger partial charge in [-0.25, -0.2) is 0 Å². The second-order valence-electron chi connectivity index (χ2n) is 5.65. The fraction of sp³-hybridized carbons (Fsp3) is 0.562. The number of nitrogens with one attached hydrogen (secondary N) is 2. The van der Waals surface area contributed by atoms with Gasteiger partial charge in [-0.05, 0) is 49.9 Å². The van der Waals surface area contributed by atoms with Gasteiger partial charge in [-0.15, -0.1) is 0 Å². The van der Waals surface area contributed by atoms with Gasteiger partial charge in [0.05, 0.1) is 6.61 Å². The fourth-order valence-corrected chi connectivity index (χ4v) is 2.70. The molecule has 1 aromatic rings. The third-order valence-electron chi connectivity index (χ3n) is 3.63. The van der Waals surface area contributed by atoms with E-state index in [9.17, 15) is 4.79 Å². The Balaban J connectivity index is 1.67. The van der Waals surface area contributed by atoms with Crippen LogP contribution in [0.15, 0.2) is 28.7 Å². The van der Waals surface area contributed by atoms with Crippen molar-refractivity contribution in [2.24, 2.45) is 5.92 Å². The van der Waals surface area contributed by atoms with E-state index in [0.29, 0.717) is 12.3 Å². The number of hydrogen-bond donors (Lipinski definition) is 2. The van der Waals surface area contributed by atoms with E-state index in [0.717, 1.165) is 36.3 Å². The molecule has 1 aliphatic heterocycles. The number of amides is 1. The molecular formula is C16H23BrN2O2. The number of anilines is 1. The molecule has 5 heteroatoms. The molecule has 2 N–H and O–H groups in total. The van der Waals surface area contributed by atoms with Crippen molar-refractivity contribution < 1.29 is 9.53 Å². The van der Waals surface area contributed by atoms with Crippen molar-refractivity contribution in [1.82, 2.24) is 5.32 Å². The molecule has 1 fully saturated rings. The van der Waals surface area contributed by atoms with Gasteiger partial charge in [-0.1, -0.05) is 15.9 Å². The Morgan fingerprint density at radius 3 is 2.86 bits per heavy atom. The molecule has 0 bridgehead atoms. The van der Waals surface area contributed by atoms with Crippen LogP contribution in [-0.2, 0) is 9.53 Å². The normalized spacial score (nSPS) is 20.0. The van der Waals surface area contributed by atoms with Crippen LogP contribution in [0.2, 0.25) is 0 Å². The highest BCUT2D eigenvalue weighted by molar-refractivity contribution is 9.10. The van der Waals surface area contributed by atoms with Gasteiger partial charge in [-0.3, -0.25) is 4.79 Å². The fourth-order valence-electron chi connectivity index (χ4n) is 2.43. The van der Waals surface area contributed by atoms with Crippen molar-refractivity contribution in [1.29, 1.82) is 0 Å². The van der Waals surface area contributed by atoms with E-state index in [4.69, 9.17) is 4.74 Å². The smallest absolute Gasteiger partial charge is 0.225 e. The van der Waals surface area contributed by atoms with E-state index in [2.05, 4.69) is 26.6 Å². The molecule has 1 amide bonds. The Morgan fingerprint density at radius 2 is 2.19 bits per heavy atom. The SMILES string of the molecule is CC(CC(=O)Nc1ccc(Br)cc1)NCC1CCCOC1. The van der Waals surface area contributed by atoms with Crippen molar-refractivity contribution in [2.75, 3.05) is 25.1 Å². The Morgan fingerprint density at radius 1 is 1.43 bits per heavy atom. The summed E-state index contributed by atoms with van der Waals surface area (Å²) < 4.78 is 6.47. The number of carbonyl (C=O) groups excluding carboxylic acids is 1. The van der Waals surface area contributed by atoms with E-state index in [1.807, 2.05) is 31.2 Å². The maximum atomic E-state index is 12.0. The third-order valence-corrected chi connectivity index (χ3v) is 4.16. The molecule has 21 heavy (non-hydrogen) atoms. The number of carbonyl (C=O) groups is 1. The van der Waals surface area contributed by atoms with Crippen molar-refractivity contribution in [3.63, 3.8) is 0 Å². The minimum absolute atomic E-state index is 0.0391. The van der Waals surface area contributed by atoms with E-state index in [1.54, 1.807) is 0 Å². The summed E-state index contributed by atoms with van der Waals surface area (Å²) in [4.78, 5) is 12.0. The second-order valence-corrected chi connectivity index (χ2v) is 6.57. The first-order valence-electron chi connectivity index (χ1n) is 7.50. The Kier molecular flexibility index (Phi) is 6.67. The van der Waals surface area contributed by atoms with Gasteiger partial charge >= 0.3 is 0 Å². The summed E-state index contributed by atoms with van der Waals surface area (Å²) in [7, 11) is 0. The maximum Gasteiger partial charge on any atom is 0.225 e. The summed E-state index contributed by atoms with van der Waals surface area (Å²) in [6, 6.07) is 7.78. The summed E-state index contributed by atoms with van der Waals surface area (Å²) in [5.41, 5.74) is 0.830. The van der Waals surface area contributed by atoms with Gasteiger partial charge in [0.2, 0.25) is 5.91 Å². The zero-order valence-corrected chi connectivity index (χ0v) is 14.0. The highest BCUT2D eigenvalue weighted by Gasteiger charge is 2.15. The van der Waals surface area contributed by atoms with Gasteiger partial charge < -0.3 is 15.4 Å². The summed E-state index contributed by atoms with van der Waals surface area (Å²) >= 11 is 3.38. The van der Waals surface area contributed by atoms with E-state index >= 15 is 0 Å². The van der Waals surface area contributed by atoms with Crippen LogP contribution >= 0.6 is 15.9 Å². The van der Waals surface area contributed by atoms with E-state index < -0.39 is 0 Å². The number of benzene rings is 1. The summed E-state index contributed by atoms with van der Waals surface area (Å²) in [5, 5.41) is 6.34. The van der Waals surface area contributed by atoms with Crippen LogP contribution in [0.5, 0.6) is 0 Å². The zero-order valence-electron chi connectivity index (χ0n) is 12.4. The second kappa shape index (κ2) is 8.51. The summed E-state index contributed by atoms with van der Waals surface area (Å²) in [6.07, 6.45) is 2.83. The first-order valence-corrected chi connectivity index (χ1v) is 8.29. The van der Waals surface area contributed by atoms with Crippen molar-refractivity contribution in [2.45, 2.75) is 32.2 Å². The molecule has 0 aromatic heterocycles. The molecule has 0 spiro atoms. The highest BCUT2D eigenvalue weighted by Crippen LogP contribution is 2.15. The molecule has 1 aliphatic rings. The topological polar surface area (TPSA) is 50.4 Å². The molecule has 0 radical (unpaired) electrons. The Hall–Kier alpha value is -0.910. The average Bonchev–Trinajstić information content (AvgIpc) is 2.48. The molecular weight excluding hydrogens is 332 g/mol. The predicted molar refractivity (Wildman–Crippen MR) is 88.4 cm³/mol. The molecule has 116 valence electrons. The summed E-state index contributed by atoms with van der Waals surface area (Å²) in [5.74, 6) is 0.618. The minimum Gasteiger partial charge on any atom is -0.381 e. The van der Waals surface area contributed by atoms with Gasteiger partial charge in [0.25, 0.3) is 0 Å². The zero-order chi connectivity index (χ0) is 15.1. The van der Waals surface area contributed by atoms with Crippen LogP contribution in [0.4, 0.5) is 5.69 Å². The molecule has 1 saturated heterocycles. The third kappa shape index (κ3) is 6.16. The molecule has 2 rings (SSSR count). The van der Waals surface area contributed by atoms with Crippen LogP contribution in [0.1, 0.15) is 26.2 Å². The lowest BCUT2D eigenvalue weighted by atomic mass is 10.0. The Bertz CT molecular complexity index is 444. The molecule has 0 saturated carbocycles. The molecule has 2 unspecified atom stereocenters. The lowest BCUT2D eigenvalue weighted by Crippen LogP contribution is -2.36. The van der Waals surface area contributed by atoms with Gasteiger partial charge in [0.15, 0.2) is 0 Å². The predicted octanol–water partition coefficient (Wildman–Crippen LogP) is 3.18. The lowest BCUT2D eigenvalue weighted by molar-refractivity contribution is -0.116. The first kappa shape index (κ1) is 16.5. The number of halogens is 1. The number of ether oxygens (including phenoxy) is 1. The Labute approximate surface area is 134 Å². The van der Waals surface area contributed by atoms with Crippen LogP contribution in [0.3, 0.4) is 0 Å². The average molecular weight is 355 g/mol. The van der Waals surface area contributed by atoms with Crippen LogP contribution in [0, 0.1) is 5.92 Å². The molecule has 1 aromatic carbocycles. The van der Waals surface area contributed by atoms with E-state index in [1.165, 1.54) is 6.42 Å². The lowest BCUT2D eigenvalue weighted by Gasteiger charge is -2.24. The van der Waals surface area contributed by atoms with Crippen LogP contribution < -0.4 is 10.6 Å². The minimum atomic E-state index is 0.0391. The van der Waals surface area contributed by atoms with Crippen molar-refractivity contribution in [3.05, 3.63) is 28.7 Å².